The molecule has 0 radical (unpaired) electrons. The third kappa shape index (κ3) is 2.32. The lowest BCUT2D eigenvalue weighted by molar-refractivity contribution is 0.262. The molecule has 2 rings (SSSR count). The quantitative estimate of drug-likeness (QED) is 0.857. The van der Waals surface area contributed by atoms with Crippen LogP contribution in [0, 0.1) is 6.92 Å². The topological polar surface area (TPSA) is 69.6 Å². The molecule has 0 unspecified atom stereocenters. The number of aryl methyl sites for hydroxylation is 1. The van der Waals surface area contributed by atoms with Crippen LogP contribution in [0.5, 0.6) is 0 Å². The molecule has 0 amide bonds. The molecule has 1 heterocycles. The first kappa shape index (κ1) is 13.5. The van der Waals surface area contributed by atoms with Crippen LogP contribution in [0.3, 0.4) is 0 Å². The number of aromatic nitrogens is 4. The predicted molar refractivity (Wildman–Crippen MR) is 76.6 cm³/mol. The van der Waals surface area contributed by atoms with Crippen LogP contribution in [0.2, 0.25) is 0 Å². The van der Waals surface area contributed by atoms with E-state index in [0.717, 1.165) is 35.5 Å². The maximum atomic E-state index is 5.86. The maximum absolute atomic E-state index is 5.86. The van der Waals surface area contributed by atoms with E-state index in [0.29, 0.717) is 0 Å². The molecule has 0 saturated carbocycles. The fourth-order valence-electron chi connectivity index (χ4n) is 2.10. The summed E-state index contributed by atoms with van der Waals surface area (Å²) in [5.41, 5.74) is 8.63. The predicted octanol–water partition coefficient (Wildman–Crippen LogP) is 2.77. The Morgan fingerprint density at radius 3 is 2.53 bits per heavy atom. The van der Waals surface area contributed by atoms with Crippen molar-refractivity contribution in [2.24, 2.45) is 0 Å². The molecule has 1 aromatic heterocycles. The molecule has 0 saturated heterocycles. The van der Waals surface area contributed by atoms with Gasteiger partial charge in [-0.05, 0) is 60.9 Å². The summed E-state index contributed by atoms with van der Waals surface area (Å²) in [6.45, 7) is 8.48. The second-order valence-corrected chi connectivity index (χ2v) is 5.19. The zero-order chi connectivity index (χ0) is 14.0. The summed E-state index contributed by atoms with van der Waals surface area (Å²) in [5, 5.41) is 12.2. The summed E-state index contributed by atoms with van der Waals surface area (Å²) >= 11 is 0. The summed E-state index contributed by atoms with van der Waals surface area (Å²) in [6.07, 6.45) is 1.96. The van der Waals surface area contributed by atoms with Crippen LogP contribution in [0.25, 0.3) is 11.4 Å². The summed E-state index contributed by atoms with van der Waals surface area (Å²) in [7, 11) is 0. The van der Waals surface area contributed by atoms with Crippen molar-refractivity contribution < 1.29 is 0 Å². The second kappa shape index (κ2) is 4.99. The lowest BCUT2D eigenvalue weighted by Gasteiger charge is -2.27. The Bertz CT molecular complexity index is 569. The number of benzene rings is 1. The van der Waals surface area contributed by atoms with Crippen molar-refractivity contribution in [3.8, 4) is 11.4 Å². The van der Waals surface area contributed by atoms with Gasteiger partial charge in [0, 0.05) is 11.3 Å². The summed E-state index contributed by atoms with van der Waals surface area (Å²) in [5.74, 6) is 0.800. The van der Waals surface area contributed by atoms with Crippen LogP contribution in [0.15, 0.2) is 18.2 Å². The number of rotatable bonds is 4. The molecule has 19 heavy (non-hydrogen) atoms. The Kier molecular flexibility index (Phi) is 3.55. The Balaban J connectivity index is 2.52. The summed E-state index contributed by atoms with van der Waals surface area (Å²) in [6, 6.07) is 5.90. The van der Waals surface area contributed by atoms with Crippen LogP contribution < -0.4 is 5.73 Å². The van der Waals surface area contributed by atoms with Gasteiger partial charge in [0.15, 0.2) is 5.82 Å². The summed E-state index contributed by atoms with van der Waals surface area (Å²) < 4.78 is 1.93. The van der Waals surface area contributed by atoms with Crippen LogP contribution in [0.1, 0.15) is 39.2 Å². The van der Waals surface area contributed by atoms with Crippen molar-refractivity contribution in [1.29, 1.82) is 0 Å². The first-order valence-corrected chi connectivity index (χ1v) is 6.67. The summed E-state index contributed by atoms with van der Waals surface area (Å²) in [4.78, 5) is 0. The smallest absolute Gasteiger partial charge is 0.182 e. The van der Waals surface area contributed by atoms with Crippen molar-refractivity contribution in [2.45, 2.75) is 46.1 Å². The van der Waals surface area contributed by atoms with Crippen molar-refractivity contribution in [2.75, 3.05) is 5.73 Å². The molecule has 0 aliphatic carbocycles. The molecule has 2 aromatic rings. The maximum Gasteiger partial charge on any atom is 0.182 e. The van der Waals surface area contributed by atoms with Gasteiger partial charge in [0.25, 0.3) is 0 Å². The number of tetrazole rings is 1. The molecule has 0 aliphatic rings. The molecule has 0 bridgehead atoms. The van der Waals surface area contributed by atoms with Crippen molar-refractivity contribution in [3.05, 3.63) is 23.8 Å². The molecule has 1 aromatic carbocycles. The van der Waals surface area contributed by atoms with E-state index < -0.39 is 0 Å². The van der Waals surface area contributed by atoms with Gasteiger partial charge in [-0.3, -0.25) is 0 Å². The molecular weight excluding hydrogens is 238 g/mol. The molecular formula is C14H21N5. The van der Waals surface area contributed by atoms with Crippen molar-refractivity contribution in [1.82, 2.24) is 20.2 Å². The Hall–Kier alpha value is -1.91. The highest BCUT2D eigenvalue weighted by Crippen LogP contribution is 2.29. The van der Waals surface area contributed by atoms with Gasteiger partial charge in [-0.2, -0.15) is 0 Å². The van der Waals surface area contributed by atoms with Gasteiger partial charge in [-0.25, -0.2) is 4.68 Å². The number of nitrogens with two attached hydrogens (primary N) is 1. The Morgan fingerprint density at radius 1 is 1.26 bits per heavy atom. The fraction of sp³-hybridized carbons (Fsp3) is 0.500. The van der Waals surface area contributed by atoms with Crippen molar-refractivity contribution >= 4 is 5.69 Å². The molecule has 0 spiro atoms. The lowest BCUT2D eigenvalue weighted by Crippen LogP contribution is -2.30. The zero-order valence-corrected chi connectivity index (χ0v) is 12.0. The van der Waals surface area contributed by atoms with Gasteiger partial charge in [0.05, 0.1) is 5.54 Å². The van der Waals surface area contributed by atoms with E-state index in [-0.39, 0.29) is 5.54 Å². The van der Waals surface area contributed by atoms with Crippen molar-refractivity contribution in [3.63, 3.8) is 0 Å². The van der Waals surface area contributed by atoms with E-state index in [9.17, 15) is 0 Å². The normalized spacial score (nSPS) is 11.8. The van der Waals surface area contributed by atoms with Crippen LogP contribution in [-0.2, 0) is 5.54 Å². The third-order valence-corrected chi connectivity index (χ3v) is 4.03. The molecule has 0 aliphatic heterocycles. The van der Waals surface area contributed by atoms with E-state index in [4.69, 9.17) is 5.73 Å². The number of hydrogen-bond acceptors (Lipinski definition) is 4. The third-order valence-electron chi connectivity index (χ3n) is 4.03. The van der Waals surface area contributed by atoms with Gasteiger partial charge in [-0.1, -0.05) is 13.8 Å². The Labute approximate surface area is 113 Å². The molecule has 5 heteroatoms. The van der Waals surface area contributed by atoms with E-state index in [1.54, 1.807) is 0 Å². The SMILES string of the molecule is CCC(C)(CC)n1nnnc1-c1ccc(N)c(C)c1. The standard InChI is InChI=1S/C14H21N5/c1-5-14(4,6-2)19-13(16-17-18-19)11-7-8-12(15)10(3)9-11/h7-9H,5-6,15H2,1-4H3. The highest BCUT2D eigenvalue weighted by atomic mass is 15.6. The van der Waals surface area contributed by atoms with E-state index in [1.807, 2.05) is 29.8 Å². The molecule has 2 N–H and O–H groups in total. The minimum atomic E-state index is -0.0614. The molecule has 102 valence electrons. The number of nitrogens with zero attached hydrogens (tertiary/aromatic N) is 4. The first-order valence-electron chi connectivity index (χ1n) is 6.67. The van der Waals surface area contributed by atoms with E-state index >= 15 is 0 Å². The second-order valence-electron chi connectivity index (χ2n) is 5.19. The monoisotopic (exact) mass is 259 g/mol. The highest BCUT2D eigenvalue weighted by molar-refractivity contribution is 5.62. The van der Waals surface area contributed by atoms with Gasteiger partial charge in [-0.15, -0.1) is 5.10 Å². The zero-order valence-electron chi connectivity index (χ0n) is 12.0. The fourth-order valence-corrected chi connectivity index (χ4v) is 2.10. The largest absolute Gasteiger partial charge is 0.399 e. The molecule has 0 fully saturated rings. The minimum absolute atomic E-state index is 0.0614. The average molecular weight is 259 g/mol. The Morgan fingerprint density at radius 2 is 1.95 bits per heavy atom. The average Bonchev–Trinajstić information content (AvgIpc) is 2.91. The molecule has 0 atom stereocenters. The van der Waals surface area contributed by atoms with E-state index in [1.165, 1.54) is 0 Å². The van der Waals surface area contributed by atoms with Gasteiger partial charge < -0.3 is 5.73 Å². The van der Waals surface area contributed by atoms with Crippen LogP contribution >= 0.6 is 0 Å². The first-order chi connectivity index (χ1) is 9.01. The molecule has 5 nitrogen and oxygen atoms in total. The number of nitrogen functional groups attached to an aromatic ring is 1. The van der Waals surface area contributed by atoms with Gasteiger partial charge in [0.2, 0.25) is 0 Å². The van der Waals surface area contributed by atoms with Crippen LogP contribution in [-0.4, -0.2) is 20.2 Å². The number of anilines is 1. The van der Waals surface area contributed by atoms with Gasteiger partial charge in [0.1, 0.15) is 0 Å². The minimum Gasteiger partial charge on any atom is -0.399 e. The number of hydrogen-bond donors (Lipinski definition) is 1. The lowest BCUT2D eigenvalue weighted by atomic mass is 9.95. The van der Waals surface area contributed by atoms with Gasteiger partial charge >= 0.3 is 0 Å². The highest BCUT2D eigenvalue weighted by Gasteiger charge is 2.27. The van der Waals surface area contributed by atoms with Crippen LogP contribution in [0.4, 0.5) is 5.69 Å². The van der Waals surface area contributed by atoms with E-state index in [2.05, 4.69) is 36.3 Å².